The predicted octanol–water partition coefficient (Wildman–Crippen LogP) is 0.378. The van der Waals surface area contributed by atoms with Gasteiger partial charge in [0.1, 0.15) is 5.69 Å². The van der Waals surface area contributed by atoms with Crippen molar-refractivity contribution in [3.8, 4) is 0 Å². The van der Waals surface area contributed by atoms with E-state index in [4.69, 9.17) is 10.8 Å². The molecule has 0 saturated carbocycles. The largest absolute Gasteiger partial charge is 0.416 e. The maximum atomic E-state index is 11.9. The lowest BCUT2D eigenvalue weighted by Gasteiger charge is -2.14. The number of amides is 1. The summed E-state index contributed by atoms with van der Waals surface area (Å²) in [6, 6.07) is 0. The first-order valence-corrected chi connectivity index (χ1v) is 4.92. The monoisotopic (exact) mass is 255 g/mol. The lowest BCUT2D eigenvalue weighted by Crippen LogP contribution is -2.40. The molecule has 90 valence electrons. The Balaban J connectivity index is 2.48. The average molecular weight is 255 g/mol. The highest BCUT2D eigenvalue weighted by Gasteiger charge is 2.38. The number of carbonyl (C=O) groups is 1. The summed E-state index contributed by atoms with van der Waals surface area (Å²) in [4.78, 5) is 14.8. The number of carbonyl (C=O) groups excluding carboxylic acids is 1. The van der Waals surface area contributed by atoms with Gasteiger partial charge in [-0.15, -0.1) is 11.3 Å². The van der Waals surface area contributed by atoms with E-state index >= 15 is 0 Å². The molecule has 1 amide bonds. The van der Waals surface area contributed by atoms with Gasteiger partial charge in [0.15, 0.2) is 11.2 Å². The Bertz CT molecular complexity index is 379. The van der Waals surface area contributed by atoms with Crippen LogP contribution < -0.4 is 11.1 Å². The zero-order valence-electron chi connectivity index (χ0n) is 7.78. The second-order valence-electron chi connectivity index (χ2n) is 2.84. The number of aromatic nitrogens is 1. The topological polar surface area (TPSA) is 88.2 Å². The molecule has 1 aromatic rings. The molecule has 1 heterocycles. The van der Waals surface area contributed by atoms with Gasteiger partial charge in [0.25, 0.3) is 5.91 Å². The van der Waals surface area contributed by atoms with Gasteiger partial charge in [-0.1, -0.05) is 0 Å². The minimum Gasteiger partial charge on any atom is -0.382 e. The van der Waals surface area contributed by atoms with Crippen LogP contribution in [0.3, 0.4) is 0 Å². The molecule has 0 radical (unpaired) electrons. The number of halogens is 3. The molecule has 9 heteroatoms. The van der Waals surface area contributed by atoms with Crippen LogP contribution >= 0.6 is 11.3 Å². The quantitative estimate of drug-likeness (QED) is 0.728. The lowest BCUT2D eigenvalue weighted by atomic mass is 10.3. The van der Waals surface area contributed by atoms with Crippen molar-refractivity contribution in [3.05, 3.63) is 11.1 Å². The minimum absolute atomic E-state index is 0.0723. The summed E-state index contributed by atoms with van der Waals surface area (Å²) in [6.07, 6.45) is -7.35. The summed E-state index contributed by atoms with van der Waals surface area (Å²) < 4.78 is 35.6. The van der Waals surface area contributed by atoms with E-state index in [0.717, 1.165) is 11.3 Å². The van der Waals surface area contributed by atoms with Crippen LogP contribution in [0.1, 0.15) is 10.5 Å². The molecule has 0 aliphatic rings. The summed E-state index contributed by atoms with van der Waals surface area (Å²) in [5.41, 5.74) is 5.17. The van der Waals surface area contributed by atoms with E-state index < -0.39 is 24.7 Å². The molecule has 0 aliphatic heterocycles. The predicted molar refractivity (Wildman–Crippen MR) is 50.9 cm³/mol. The van der Waals surface area contributed by atoms with Crippen LogP contribution in [0, 0.1) is 0 Å². The molecule has 1 aromatic heterocycles. The highest BCUT2D eigenvalue weighted by molar-refractivity contribution is 7.13. The van der Waals surface area contributed by atoms with Gasteiger partial charge in [-0.2, -0.15) is 13.2 Å². The second kappa shape index (κ2) is 4.66. The van der Waals surface area contributed by atoms with Gasteiger partial charge in [0.2, 0.25) is 0 Å². The molecule has 1 rings (SSSR count). The van der Waals surface area contributed by atoms with E-state index in [-0.39, 0.29) is 10.8 Å². The molecule has 5 nitrogen and oxygen atoms in total. The summed E-state index contributed by atoms with van der Waals surface area (Å²) in [5.74, 6) is -0.809. The number of hydrogen-bond donors (Lipinski definition) is 3. The molecule has 0 aromatic carbocycles. The third-order valence-corrected chi connectivity index (χ3v) is 2.26. The van der Waals surface area contributed by atoms with Crippen molar-refractivity contribution in [3.63, 3.8) is 0 Å². The van der Waals surface area contributed by atoms with Gasteiger partial charge in [0.05, 0.1) is 6.54 Å². The highest BCUT2D eigenvalue weighted by atomic mass is 32.1. The van der Waals surface area contributed by atoms with Crippen LogP contribution in [0.4, 0.5) is 18.3 Å². The van der Waals surface area contributed by atoms with Crippen LogP contribution in [0.15, 0.2) is 5.38 Å². The van der Waals surface area contributed by atoms with Gasteiger partial charge in [-0.3, -0.25) is 4.79 Å². The highest BCUT2D eigenvalue weighted by Crippen LogP contribution is 2.19. The number of anilines is 1. The molecular weight excluding hydrogens is 247 g/mol. The molecule has 1 unspecified atom stereocenters. The molecule has 0 fully saturated rings. The zero-order chi connectivity index (χ0) is 12.3. The van der Waals surface area contributed by atoms with E-state index in [9.17, 15) is 18.0 Å². The van der Waals surface area contributed by atoms with Crippen molar-refractivity contribution in [2.45, 2.75) is 12.3 Å². The number of aliphatic hydroxyl groups is 1. The fourth-order valence-electron chi connectivity index (χ4n) is 0.788. The Kier molecular flexibility index (Phi) is 3.70. The third kappa shape index (κ3) is 3.35. The van der Waals surface area contributed by atoms with Gasteiger partial charge in [0, 0.05) is 5.38 Å². The minimum atomic E-state index is -4.76. The first-order chi connectivity index (χ1) is 7.30. The number of nitrogens with one attached hydrogen (secondary N) is 1. The van der Waals surface area contributed by atoms with E-state index in [2.05, 4.69) is 4.98 Å². The van der Waals surface area contributed by atoms with Crippen molar-refractivity contribution in [2.75, 3.05) is 12.3 Å². The first-order valence-electron chi connectivity index (χ1n) is 4.04. The van der Waals surface area contributed by atoms with Crippen molar-refractivity contribution < 1.29 is 23.1 Å². The Labute approximate surface area is 92.1 Å². The van der Waals surface area contributed by atoms with Crippen LogP contribution in [0.2, 0.25) is 0 Å². The number of aliphatic hydroxyl groups excluding tert-OH is 1. The summed E-state index contributed by atoms with van der Waals surface area (Å²) in [6.45, 7) is -0.917. The van der Waals surface area contributed by atoms with Crippen LogP contribution in [0.5, 0.6) is 0 Å². The molecule has 4 N–H and O–H groups in total. The van der Waals surface area contributed by atoms with Gasteiger partial charge >= 0.3 is 6.18 Å². The first kappa shape index (κ1) is 12.7. The standard InChI is InChI=1S/C7H8F3N3O2S/c8-7(9,10)4(14)1-12-5(15)3-2-16-6(11)13-3/h2,4,14H,1H2,(H2,11,13)(H,12,15). The SMILES string of the molecule is Nc1nc(C(=O)NCC(O)C(F)(F)F)cs1. The fraction of sp³-hybridized carbons (Fsp3) is 0.429. The average Bonchev–Trinajstić information content (AvgIpc) is 2.59. The Morgan fingerprint density at radius 3 is 2.75 bits per heavy atom. The Morgan fingerprint density at radius 2 is 2.31 bits per heavy atom. The van der Waals surface area contributed by atoms with Gasteiger partial charge in [-0.05, 0) is 0 Å². The number of nitrogens with two attached hydrogens (primary N) is 1. The van der Waals surface area contributed by atoms with Crippen LogP contribution in [-0.2, 0) is 0 Å². The number of nitrogen functional groups attached to an aromatic ring is 1. The molecule has 16 heavy (non-hydrogen) atoms. The van der Waals surface area contributed by atoms with Crippen molar-refractivity contribution in [1.29, 1.82) is 0 Å². The number of nitrogens with zero attached hydrogens (tertiary/aromatic N) is 1. The summed E-state index contributed by atoms with van der Waals surface area (Å²) in [7, 11) is 0. The molecule has 0 saturated heterocycles. The normalized spacial score (nSPS) is 13.5. The summed E-state index contributed by atoms with van der Waals surface area (Å²) >= 11 is 0.994. The molecular formula is C7H8F3N3O2S. The smallest absolute Gasteiger partial charge is 0.382 e. The molecule has 0 aliphatic carbocycles. The van der Waals surface area contributed by atoms with Crippen molar-refractivity contribution in [2.24, 2.45) is 0 Å². The van der Waals surface area contributed by atoms with Crippen LogP contribution in [-0.4, -0.2) is 34.8 Å². The molecule has 0 spiro atoms. The molecule has 1 atom stereocenters. The van der Waals surface area contributed by atoms with Crippen LogP contribution in [0.25, 0.3) is 0 Å². The van der Waals surface area contributed by atoms with E-state index in [1.807, 2.05) is 5.32 Å². The van der Waals surface area contributed by atoms with Gasteiger partial charge in [-0.25, -0.2) is 4.98 Å². The Hall–Kier alpha value is -1.35. The van der Waals surface area contributed by atoms with E-state index in [1.54, 1.807) is 0 Å². The maximum Gasteiger partial charge on any atom is 0.416 e. The number of thiazole rings is 1. The number of rotatable bonds is 3. The Morgan fingerprint density at radius 1 is 1.69 bits per heavy atom. The molecule has 0 bridgehead atoms. The maximum absolute atomic E-state index is 11.9. The van der Waals surface area contributed by atoms with E-state index in [1.165, 1.54) is 5.38 Å². The van der Waals surface area contributed by atoms with Crippen molar-refractivity contribution in [1.82, 2.24) is 10.3 Å². The fourth-order valence-corrected chi connectivity index (χ4v) is 1.33. The number of alkyl halides is 3. The third-order valence-electron chi connectivity index (χ3n) is 1.59. The van der Waals surface area contributed by atoms with Gasteiger partial charge < -0.3 is 16.2 Å². The number of hydrogen-bond acceptors (Lipinski definition) is 5. The zero-order valence-corrected chi connectivity index (χ0v) is 8.60. The second-order valence-corrected chi connectivity index (χ2v) is 3.73. The summed E-state index contributed by atoms with van der Waals surface area (Å²) in [5, 5.41) is 12.0. The van der Waals surface area contributed by atoms with Crippen molar-refractivity contribution >= 4 is 22.4 Å². The lowest BCUT2D eigenvalue weighted by molar-refractivity contribution is -0.201. The van der Waals surface area contributed by atoms with E-state index in [0.29, 0.717) is 0 Å².